The van der Waals surface area contributed by atoms with Crippen LogP contribution in [0.25, 0.3) is 0 Å². The fourth-order valence-corrected chi connectivity index (χ4v) is 1.75. The molecule has 0 spiro atoms. The van der Waals surface area contributed by atoms with Crippen LogP contribution in [0.15, 0.2) is 0 Å². The van der Waals surface area contributed by atoms with Crippen LogP contribution in [0.2, 0.25) is 0 Å². The highest BCUT2D eigenvalue weighted by Crippen LogP contribution is 2.18. The zero-order valence-electron chi connectivity index (χ0n) is 5.60. The van der Waals surface area contributed by atoms with Crippen molar-refractivity contribution < 1.29 is 4.74 Å². The molecule has 1 saturated heterocycles. The van der Waals surface area contributed by atoms with Crippen LogP contribution in [0.5, 0.6) is 0 Å². The van der Waals surface area contributed by atoms with Gasteiger partial charge >= 0.3 is 0 Å². The smallest absolute Gasteiger partial charge is 0.113 e. The highest BCUT2D eigenvalue weighted by Gasteiger charge is 2.25. The minimum Gasteiger partial charge on any atom is -0.387 e. The second-order valence-corrected chi connectivity index (χ2v) is 4.18. The van der Waals surface area contributed by atoms with Crippen molar-refractivity contribution in [2.75, 3.05) is 6.61 Å². The van der Waals surface area contributed by atoms with Crippen LogP contribution in [-0.2, 0) is 4.74 Å². The third-order valence-electron chi connectivity index (χ3n) is 1.73. The van der Waals surface area contributed by atoms with E-state index in [0.717, 1.165) is 19.4 Å². The molecule has 9 heavy (non-hydrogen) atoms. The predicted molar refractivity (Wildman–Crippen MR) is 41.0 cm³/mol. The first-order valence-electron chi connectivity index (χ1n) is 3.40. The van der Waals surface area contributed by atoms with Gasteiger partial charge in [0, 0.05) is 11.7 Å². The lowest BCUT2D eigenvalue weighted by Crippen LogP contribution is -2.46. The summed E-state index contributed by atoms with van der Waals surface area (Å²) in [4.78, 5) is 0. The normalized spacial score (nSPS) is 37.9. The van der Waals surface area contributed by atoms with Crippen molar-refractivity contribution in [3.63, 3.8) is 0 Å². The molecular formula is C5H12BNOSi. The number of hydrogen-bond acceptors (Lipinski definition) is 2. The molecule has 0 bridgehead atoms. The zero-order chi connectivity index (χ0) is 6.74. The fraction of sp³-hybridized carbons (Fsp3) is 1.00. The zero-order valence-corrected chi connectivity index (χ0v) is 7.01. The van der Waals surface area contributed by atoms with Crippen molar-refractivity contribution in [1.82, 2.24) is 0 Å². The summed E-state index contributed by atoms with van der Waals surface area (Å²) in [6.07, 6.45) is 3.30. The van der Waals surface area contributed by atoms with E-state index in [1.54, 1.807) is 0 Å². The lowest BCUT2D eigenvalue weighted by atomic mass is 9.91. The third-order valence-corrected chi connectivity index (χ3v) is 2.98. The Labute approximate surface area is 59.5 Å². The fourth-order valence-electron chi connectivity index (χ4n) is 1.03. The molecule has 1 heterocycles. The van der Waals surface area contributed by atoms with Crippen molar-refractivity contribution >= 4 is 17.5 Å². The van der Waals surface area contributed by atoms with E-state index in [0.29, 0.717) is 0 Å². The molecule has 0 aliphatic carbocycles. The maximum atomic E-state index is 5.77. The summed E-state index contributed by atoms with van der Waals surface area (Å²) in [6, 6.07) is 0. The van der Waals surface area contributed by atoms with Gasteiger partial charge in [0.2, 0.25) is 0 Å². The minimum absolute atomic E-state index is 0.363. The topological polar surface area (TPSA) is 35.2 Å². The van der Waals surface area contributed by atoms with E-state index in [4.69, 9.17) is 18.0 Å². The van der Waals surface area contributed by atoms with E-state index < -0.39 is 9.68 Å². The summed E-state index contributed by atoms with van der Waals surface area (Å²) >= 11 is 0. The molecule has 2 nitrogen and oxygen atoms in total. The molecule has 0 amide bonds. The quantitative estimate of drug-likeness (QED) is 0.478. The van der Waals surface area contributed by atoms with Crippen LogP contribution in [-0.4, -0.2) is 29.3 Å². The third kappa shape index (κ3) is 1.81. The molecule has 1 fully saturated rings. The van der Waals surface area contributed by atoms with E-state index in [1.165, 1.54) is 6.42 Å². The van der Waals surface area contributed by atoms with Gasteiger partial charge in [-0.15, -0.1) is 0 Å². The highest BCUT2D eigenvalue weighted by molar-refractivity contribution is 6.50. The molecule has 2 radical (unpaired) electrons. The molecule has 1 rings (SSSR count). The lowest BCUT2D eigenvalue weighted by molar-refractivity contribution is 0.0356. The Kier molecular flexibility index (Phi) is 2.32. The summed E-state index contributed by atoms with van der Waals surface area (Å²) in [5.41, 5.74) is 0. The van der Waals surface area contributed by atoms with E-state index in [2.05, 4.69) is 0 Å². The Morgan fingerprint density at radius 2 is 2.33 bits per heavy atom. The SMILES string of the molecule is [B]C1([SiH2]N)CCCCO1. The molecule has 1 aliphatic rings. The molecule has 1 atom stereocenters. The van der Waals surface area contributed by atoms with Crippen LogP contribution < -0.4 is 5.40 Å². The van der Waals surface area contributed by atoms with Crippen molar-refractivity contribution in [3.05, 3.63) is 0 Å². The minimum atomic E-state index is -0.673. The van der Waals surface area contributed by atoms with Gasteiger partial charge in [0.25, 0.3) is 0 Å². The molecule has 0 aromatic carbocycles. The second kappa shape index (κ2) is 2.86. The Morgan fingerprint density at radius 3 is 2.67 bits per heavy atom. The van der Waals surface area contributed by atoms with Crippen LogP contribution in [0.4, 0.5) is 0 Å². The average molecular weight is 141 g/mol. The van der Waals surface area contributed by atoms with E-state index >= 15 is 0 Å². The summed E-state index contributed by atoms with van der Waals surface area (Å²) in [5, 5.41) is 5.16. The molecular weight excluding hydrogens is 129 g/mol. The molecule has 50 valence electrons. The first-order valence-corrected chi connectivity index (χ1v) is 4.92. The van der Waals surface area contributed by atoms with Gasteiger partial charge in [-0.3, -0.25) is 0 Å². The van der Waals surface area contributed by atoms with Gasteiger partial charge in [-0.05, 0) is 19.3 Å². The Balaban J connectivity index is 2.37. The van der Waals surface area contributed by atoms with Crippen LogP contribution >= 0.6 is 0 Å². The summed E-state index contributed by atoms with van der Waals surface area (Å²) in [7, 11) is 5.10. The van der Waals surface area contributed by atoms with Gasteiger partial charge in [0.15, 0.2) is 0 Å². The predicted octanol–water partition coefficient (Wildman–Crippen LogP) is -0.948. The maximum absolute atomic E-state index is 5.77. The summed E-state index contributed by atoms with van der Waals surface area (Å²) < 4.78 is 5.33. The standard InChI is InChI=1S/C5H12BNOSi/c6-5(9-7)3-1-2-4-8-5/h1-4,7,9H2. The highest BCUT2D eigenvalue weighted by atomic mass is 28.2. The van der Waals surface area contributed by atoms with Crippen molar-refractivity contribution in [2.24, 2.45) is 5.40 Å². The molecule has 4 heteroatoms. The number of hydrogen-bond donors (Lipinski definition) is 1. The van der Waals surface area contributed by atoms with Gasteiger partial charge in [-0.25, -0.2) is 0 Å². The van der Waals surface area contributed by atoms with Gasteiger partial charge in [-0.2, -0.15) is 0 Å². The largest absolute Gasteiger partial charge is 0.387 e. The Morgan fingerprint density at radius 1 is 1.56 bits per heavy atom. The first kappa shape index (κ1) is 7.31. The molecule has 1 aliphatic heterocycles. The van der Waals surface area contributed by atoms with Gasteiger partial charge in [-0.1, -0.05) is 0 Å². The number of rotatable bonds is 1. The number of ether oxygens (including phenoxy) is 1. The number of nitrogens with two attached hydrogens (primary N) is 1. The maximum Gasteiger partial charge on any atom is 0.113 e. The van der Waals surface area contributed by atoms with Crippen molar-refractivity contribution in [3.8, 4) is 0 Å². The summed E-state index contributed by atoms with van der Waals surface area (Å²) in [6.45, 7) is 0.806. The lowest BCUT2D eigenvalue weighted by Gasteiger charge is -2.32. The van der Waals surface area contributed by atoms with E-state index in [9.17, 15) is 0 Å². The Hall–Kier alpha value is 0.202. The van der Waals surface area contributed by atoms with Crippen LogP contribution in [0.3, 0.4) is 0 Å². The summed E-state index contributed by atoms with van der Waals surface area (Å²) in [5.74, 6) is 0. The Bertz CT molecular complexity index is 95.0. The van der Waals surface area contributed by atoms with Gasteiger partial charge in [0.1, 0.15) is 17.5 Å². The van der Waals surface area contributed by atoms with Crippen LogP contribution in [0, 0.1) is 0 Å². The van der Waals surface area contributed by atoms with Gasteiger partial charge in [0.05, 0.1) is 0 Å². The second-order valence-electron chi connectivity index (χ2n) is 2.57. The molecule has 0 saturated carbocycles. The van der Waals surface area contributed by atoms with Crippen molar-refractivity contribution in [2.45, 2.75) is 24.4 Å². The first-order chi connectivity index (χ1) is 4.27. The molecule has 0 aromatic heterocycles. The molecule has 2 N–H and O–H groups in total. The van der Waals surface area contributed by atoms with E-state index in [-0.39, 0.29) is 5.12 Å². The van der Waals surface area contributed by atoms with E-state index in [1.807, 2.05) is 0 Å². The monoisotopic (exact) mass is 141 g/mol. The van der Waals surface area contributed by atoms with Gasteiger partial charge < -0.3 is 10.1 Å². The molecule has 0 aromatic rings. The van der Waals surface area contributed by atoms with Crippen LogP contribution in [0.1, 0.15) is 19.3 Å². The average Bonchev–Trinajstić information content (AvgIpc) is 1.90. The van der Waals surface area contributed by atoms with Crippen molar-refractivity contribution in [1.29, 1.82) is 0 Å². The molecule has 1 unspecified atom stereocenters.